The van der Waals surface area contributed by atoms with Gasteiger partial charge in [-0.05, 0) is 32.9 Å². The molecule has 136 valence electrons. The topological polar surface area (TPSA) is 80.3 Å². The standard InChI is InChI=1S/C18H22O7/c1-6-10(2)18(20)24-11(3)16(25-12(4)19)13-7-14(21-5)17-15(8-13)22-9-23-17/h6-8,11,16H,9H2,1-5H3/b10-6-/t11-,16-/m0/s1. The van der Waals surface area contributed by atoms with Gasteiger partial charge in [0.1, 0.15) is 6.10 Å². The molecule has 1 aliphatic heterocycles. The van der Waals surface area contributed by atoms with Crippen molar-refractivity contribution in [3.8, 4) is 17.2 Å². The van der Waals surface area contributed by atoms with Gasteiger partial charge in [0.05, 0.1) is 7.11 Å². The second-order valence-corrected chi connectivity index (χ2v) is 5.57. The average Bonchev–Trinajstić information content (AvgIpc) is 3.06. The molecule has 0 saturated carbocycles. The highest BCUT2D eigenvalue weighted by Gasteiger charge is 2.30. The second-order valence-electron chi connectivity index (χ2n) is 5.57. The van der Waals surface area contributed by atoms with Crippen LogP contribution in [0.25, 0.3) is 0 Å². The summed E-state index contributed by atoms with van der Waals surface area (Å²) in [5, 5.41) is 0. The van der Waals surface area contributed by atoms with E-state index < -0.39 is 24.1 Å². The van der Waals surface area contributed by atoms with Gasteiger partial charge in [-0.3, -0.25) is 4.79 Å². The molecule has 1 heterocycles. The van der Waals surface area contributed by atoms with Gasteiger partial charge in [-0.15, -0.1) is 0 Å². The van der Waals surface area contributed by atoms with Crippen molar-refractivity contribution in [3.05, 3.63) is 29.3 Å². The van der Waals surface area contributed by atoms with Crippen LogP contribution in [-0.4, -0.2) is 31.9 Å². The zero-order valence-corrected chi connectivity index (χ0v) is 15.0. The van der Waals surface area contributed by atoms with Gasteiger partial charge in [-0.1, -0.05) is 6.08 Å². The Morgan fingerprint density at radius 1 is 1.20 bits per heavy atom. The van der Waals surface area contributed by atoms with Crippen molar-refractivity contribution < 1.29 is 33.3 Å². The van der Waals surface area contributed by atoms with E-state index >= 15 is 0 Å². The third-order valence-corrected chi connectivity index (χ3v) is 3.78. The molecule has 0 spiro atoms. The zero-order valence-electron chi connectivity index (χ0n) is 15.0. The molecule has 0 bridgehead atoms. The highest BCUT2D eigenvalue weighted by atomic mass is 16.7. The first-order valence-electron chi connectivity index (χ1n) is 7.86. The molecular weight excluding hydrogens is 328 g/mol. The van der Waals surface area contributed by atoms with Gasteiger partial charge in [0.15, 0.2) is 17.6 Å². The number of benzene rings is 1. The Labute approximate surface area is 146 Å². The molecule has 0 saturated heterocycles. The molecule has 0 aromatic heterocycles. The van der Waals surface area contributed by atoms with Gasteiger partial charge in [-0.25, -0.2) is 4.79 Å². The van der Waals surface area contributed by atoms with Gasteiger partial charge >= 0.3 is 11.9 Å². The quantitative estimate of drug-likeness (QED) is 0.576. The summed E-state index contributed by atoms with van der Waals surface area (Å²) in [4.78, 5) is 23.6. The fraction of sp³-hybridized carbons (Fsp3) is 0.444. The maximum Gasteiger partial charge on any atom is 0.333 e. The van der Waals surface area contributed by atoms with Crippen LogP contribution in [0.15, 0.2) is 23.8 Å². The molecule has 0 fully saturated rings. The Balaban J connectivity index is 2.34. The highest BCUT2D eigenvalue weighted by Crippen LogP contribution is 2.44. The van der Waals surface area contributed by atoms with Crippen LogP contribution in [0.2, 0.25) is 0 Å². The van der Waals surface area contributed by atoms with Gasteiger partial charge in [0.2, 0.25) is 12.5 Å². The third-order valence-electron chi connectivity index (χ3n) is 3.78. The molecule has 1 aromatic carbocycles. The van der Waals surface area contributed by atoms with Crippen LogP contribution in [0.5, 0.6) is 17.2 Å². The van der Waals surface area contributed by atoms with Crippen molar-refractivity contribution in [2.24, 2.45) is 0 Å². The number of carbonyl (C=O) groups is 2. The molecular formula is C18H22O7. The van der Waals surface area contributed by atoms with Crippen molar-refractivity contribution in [2.75, 3.05) is 13.9 Å². The molecule has 0 unspecified atom stereocenters. The predicted octanol–water partition coefficient (Wildman–Crippen LogP) is 2.93. The lowest BCUT2D eigenvalue weighted by Crippen LogP contribution is -2.26. The molecule has 1 aromatic rings. The Kier molecular flexibility index (Phi) is 5.90. The summed E-state index contributed by atoms with van der Waals surface area (Å²) < 4.78 is 26.9. The van der Waals surface area contributed by atoms with E-state index in [-0.39, 0.29) is 6.79 Å². The lowest BCUT2D eigenvalue weighted by Gasteiger charge is -2.25. The molecule has 0 aliphatic carbocycles. The first-order valence-corrected chi connectivity index (χ1v) is 7.86. The number of hydrogen-bond acceptors (Lipinski definition) is 7. The molecule has 0 radical (unpaired) electrons. The first-order chi connectivity index (χ1) is 11.9. The van der Waals surface area contributed by atoms with Gasteiger partial charge < -0.3 is 23.7 Å². The minimum absolute atomic E-state index is 0.0818. The predicted molar refractivity (Wildman–Crippen MR) is 88.6 cm³/mol. The monoisotopic (exact) mass is 350 g/mol. The number of allylic oxidation sites excluding steroid dienone is 1. The van der Waals surface area contributed by atoms with Crippen LogP contribution in [-0.2, 0) is 19.1 Å². The van der Waals surface area contributed by atoms with E-state index in [1.165, 1.54) is 14.0 Å². The average molecular weight is 350 g/mol. The van der Waals surface area contributed by atoms with Crippen LogP contribution >= 0.6 is 0 Å². The Morgan fingerprint density at radius 2 is 1.92 bits per heavy atom. The van der Waals surface area contributed by atoms with E-state index in [0.717, 1.165) is 0 Å². The number of carbonyl (C=O) groups excluding carboxylic acids is 2. The number of esters is 2. The Morgan fingerprint density at radius 3 is 2.52 bits per heavy atom. The van der Waals surface area contributed by atoms with Crippen molar-refractivity contribution in [1.29, 1.82) is 0 Å². The van der Waals surface area contributed by atoms with Crippen LogP contribution in [0.4, 0.5) is 0 Å². The first kappa shape index (κ1) is 18.6. The van der Waals surface area contributed by atoms with E-state index in [9.17, 15) is 9.59 Å². The molecule has 2 rings (SSSR count). The maximum atomic E-state index is 12.0. The molecule has 25 heavy (non-hydrogen) atoms. The number of methoxy groups -OCH3 is 1. The van der Waals surface area contributed by atoms with Crippen LogP contribution < -0.4 is 14.2 Å². The van der Waals surface area contributed by atoms with Crippen LogP contribution in [0.1, 0.15) is 39.4 Å². The van der Waals surface area contributed by atoms with Crippen molar-refractivity contribution in [1.82, 2.24) is 0 Å². The second kappa shape index (κ2) is 7.92. The minimum Gasteiger partial charge on any atom is -0.493 e. The van der Waals surface area contributed by atoms with E-state index in [2.05, 4.69) is 0 Å². The van der Waals surface area contributed by atoms with Gasteiger partial charge in [0, 0.05) is 18.1 Å². The summed E-state index contributed by atoms with van der Waals surface area (Å²) in [7, 11) is 1.50. The zero-order chi connectivity index (χ0) is 18.6. The van der Waals surface area contributed by atoms with Crippen LogP contribution in [0, 0.1) is 0 Å². The lowest BCUT2D eigenvalue weighted by atomic mass is 10.0. The SMILES string of the molecule is C/C=C(/C)C(=O)O[C@@H](C)[C@H](OC(C)=O)c1cc(OC)c2c(c1)OCO2. The normalized spacial score (nSPS) is 15.3. The van der Waals surface area contributed by atoms with Gasteiger partial charge in [0.25, 0.3) is 0 Å². The molecule has 1 aliphatic rings. The summed E-state index contributed by atoms with van der Waals surface area (Å²) in [6.07, 6.45) is 0.130. The largest absolute Gasteiger partial charge is 0.493 e. The van der Waals surface area contributed by atoms with Crippen molar-refractivity contribution in [3.63, 3.8) is 0 Å². The van der Waals surface area contributed by atoms with Gasteiger partial charge in [-0.2, -0.15) is 0 Å². The highest BCUT2D eigenvalue weighted by molar-refractivity contribution is 5.87. The maximum absolute atomic E-state index is 12.0. The fourth-order valence-corrected chi connectivity index (χ4v) is 2.37. The molecule has 0 amide bonds. The van der Waals surface area contributed by atoms with E-state index in [1.54, 1.807) is 39.0 Å². The summed E-state index contributed by atoms with van der Waals surface area (Å²) in [5.74, 6) is 0.453. The number of ether oxygens (including phenoxy) is 5. The summed E-state index contributed by atoms with van der Waals surface area (Å²) >= 11 is 0. The van der Waals surface area contributed by atoms with Crippen molar-refractivity contribution in [2.45, 2.75) is 39.9 Å². The van der Waals surface area contributed by atoms with Crippen molar-refractivity contribution >= 4 is 11.9 Å². The van der Waals surface area contributed by atoms with E-state index in [1.807, 2.05) is 0 Å². The molecule has 7 heteroatoms. The summed E-state index contributed by atoms with van der Waals surface area (Å²) in [6, 6.07) is 3.36. The van der Waals surface area contributed by atoms with E-state index in [0.29, 0.717) is 28.4 Å². The molecule has 0 N–H and O–H groups in total. The number of hydrogen-bond donors (Lipinski definition) is 0. The lowest BCUT2D eigenvalue weighted by molar-refractivity contribution is -0.163. The Bertz CT molecular complexity index is 693. The van der Waals surface area contributed by atoms with Crippen LogP contribution in [0.3, 0.4) is 0 Å². The fourth-order valence-electron chi connectivity index (χ4n) is 2.37. The number of rotatable bonds is 6. The Hall–Kier alpha value is -2.70. The minimum atomic E-state index is -0.811. The van der Waals surface area contributed by atoms with E-state index in [4.69, 9.17) is 23.7 Å². The smallest absolute Gasteiger partial charge is 0.333 e. The third kappa shape index (κ3) is 4.23. The molecule has 2 atom stereocenters. The summed E-state index contributed by atoms with van der Waals surface area (Å²) in [6.45, 7) is 6.43. The molecule has 7 nitrogen and oxygen atoms in total. The number of fused-ring (bicyclic) bond motifs is 1. The summed E-state index contributed by atoms with van der Waals surface area (Å²) in [5.41, 5.74) is 1.05.